The zero-order chi connectivity index (χ0) is 15.6. The van der Waals surface area contributed by atoms with Gasteiger partial charge in [-0.15, -0.1) is 23.2 Å². The highest BCUT2D eigenvalue weighted by Gasteiger charge is 2.40. The number of hydrogen-bond donors (Lipinski definition) is 1. The molecule has 10 heteroatoms. The van der Waals surface area contributed by atoms with Crippen molar-refractivity contribution in [2.45, 2.75) is 25.5 Å². The topological polar surface area (TPSA) is 50.8 Å². The fraction of sp³-hybridized carbons (Fsp3) is 1.00. The van der Waals surface area contributed by atoms with E-state index >= 15 is 0 Å². The quantitative estimate of drug-likeness (QED) is 0.204. The van der Waals surface area contributed by atoms with Gasteiger partial charge in [-0.2, -0.15) is 4.67 Å². The van der Waals surface area contributed by atoms with Gasteiger partial charge in [-0.25, -0.2) is 5.09 Å². The molecule has 0 bridgehead atoms. The van der Waals surface area contributed by atoms with Gasteiger partial charge in [0.2, 0.25) is 0 Å². The highest BCUT2D eigenvalue weighted by Crippen LogP contribution is 2.51. The third-order valence-corrected chi connectivity index (χ3v) is 7.36. The predicted molar refractivity (Wildman–Crippen MR) is 99.8 cm³/mol. The monoisotopic (exact) mass is 490 g/mol. The number of halogens is 3. The minimum atomic E-state index is -3.09. The van der Waals surface area contributed by atoms with Crippen LogP contribution in [0.5, 0.6) is 0 Å². The first-order valence-electron chi connectivity index (χ1n) is 6.92. The van der Waals surface area contributed by atoms with Gasteiger partial charge in [-0.3, -0.25) is 4.57 Å². The minimum Gasteiger partial charge on any atom is -0.363 e. The summed E-state index contributed by atoms with van der Waals surface area (Å²) < 4.78 is 26.0. The number of unbranched alkanes of at least 4 members (excludes halogenated alkanes) is 1. The summed E-state index contributed by atoms with van der Waals surface area (Å²) in [5.41, 5.74) is 0. The van der Waals surface area contributed by atoms with E-state index in [4.69, 9.17) is 32.5 Å². The van der Waals surface area contributed by atoms with Crippen molar-refractivity contribution >= 4 is 61.0 Å². The van der Waals surface area contributed by atoms with E-state index in [1.54, 1.807) is 13.6 Å². The van der Waals surface area contributed by atoms with Crippen molar-refractivity contribution in [2.24, 2.45) is 0 Å². The summed E-state index contributed by atoms with van der Waals surface area (Å²) in [5, 5.41) is 2.91. The van der Waals surface area contributed by atoms with Crippen LogP contribution in [0, 0.1) is 0 Å². The van der Waals surface area contributed by atoms with Crippen LogP contribution in [0.2, 0.25) is 0 Å². The van der Waals surface area contributed by atoms with Crippen LogP contribution in [0.15, 0.2) is 0 Å². The molecule has 1 saturated heterocycles. The molecule has 126 valence electrons. The molecule has 0 amide bonds. The first-order valence-corrected chi connectivity index (χ1v) is 13.1. The predicted octanol–water partition coefficient (Wildman–Crippen LogP) is 4.09. The van der Waals surface area contributed by atoms with E-state index in [0.29, 0.717) is 44.5 Å². The molecular weight excluding hydrogens is 469 g/mol. The van der Waals surface area contributed by atoms with E-state index in [0.717, 1.165) is 18.6 Å². The molecule has 0 aromatic heterocycles. The van der Waals surface area contributed by atoms with Crippen molar-refractivity contribution < 1.29 is 13.8 Å². The first kappa shape index (κ1) is 20.8. The lowest BCUT2D eigenvalue weighted by Gasteiger charge is -2.40. The zero-order valence-electron chi connectivity index (χ0n) is 11.8. The molecule has 1 aliphatic rings. The number of alkyl halides is 2. The van der Waals surface area contributed by atoms with Crippen molar-refractivity contribution in [3.63, 3.8) is 0 Å². The van der Waals surface area contributed by atoms with Crippen LogP contribution < -0.4 is 5.09 Å². The molecular formula is C11H22Cl2IN2O3PS. The van der Waals surface area contributed by atoms with Crippen LogP contribution in [0.25, 0.3) is 0 Å². The van der Waals surface area contributed by atoms with E-state index in [1.807, 2.05) is 0 Å². The highest BCUT2D eigenvalue weighted by atomic mass is 127. The van der Waals surface area contributed by atoms with Crippen molar-refractivity contribution in [1.29, 1.82) is 0 Å². The summed E-state index contributed by atoms with van der Waals surface area (Å²) in [6.07, 6.45) is 2.61. The molecule has 21 heavy (non-hydrogen) atoms. The molecule has 2 unspecified atom stereocenters. The summed E-state index contributed by atoms with van der Waals surface area (Å²) in [5.74, 6) is 1.88. The first-order chi connectivity index (χ1) is 10.2. The maximum absolute atomic E-state index is 12.8. The fourth-order valence-electron chi connectivity index (χ4n) is 2.00. The number of nitrogens with zero attached hydrogens (tertiary/aromatic N) is 1. The number of rotatable bonds is 11. The summed E-state index contributed by atoms with van der Waals surface area (Å²) in [7, 11) is -1.29. The average Bonchev–Trinajstić information content (AvgIpc) is 2.48. The molecule has 1 rings (SSSR count). The molecule has 0 aromatic rings. The Hall–Kier alpha value is 1.73. The Labute approximate surface area is 153 Å². The molecule has 2 atom stereocenters. The number of ether oxygens (including phenoxy) is 1. The Balaban J connectivity index is 2.53. The standard InChI is InChI=1S/C11H22Cl2IN2O3PS/c12-4-6-15-20(17)16(7-5-13)11(3-9-19-20)18-8-1-2-10-21-14/h11H,1-10H2,(H,15,17). The van der Waals surface area contributed by atoms with Gasteiger partial charge in [0, 0.05) is 43.6 Å². The molecule has 0 radical (unpaired) electrons. The van der Waals surface area contributed by atoms with Crippen molar-refractivity contribution in [1.82, 2.24) is 9.76 Å². The number of nitrogens with one attached hydrogen (secondary N) is 1. The molecule has 1 N–H and O–H groups in total. The summed E-state index contributed by atoms with van der Waals surface area (Å²) in [4.78, 5) is 0. The van der Waals surface area contributed by atoms with Crippen LogP contribution in [0.4, 0.5) is 0 Å². The third-order valence-electron chi connectivity index (χ3n) is 2.95. The molecule has 0 aromatic carbocycles. The minimum absolute atomic E-state index is 0.210. The van der Waals surface area contributed by atoms with Gasteiger partial charge in [0.25, 0.3) is 0 Å². The largest absolute Gasteiger partial charge is 0.363 e. The van der Waals surface area contributed by atoms with Gasteiger partial charge in [-0.1, -0.05) is 8.93 Å². The smallest absolute Gasteiger partial charge is 0.345 e. The Morgan fingerprint density at radius 2 is 2.24 bits per heavy atom. The molecule has 0 aliphatic carbocycles. The van der Waals surface area contributed by atoms with Crippen LogP contribution >= 0.6 is 61.0 Å². The second-order valence-electron chi connectivity index (χ2n) is 4.44. The lowest BCUT2D eigenvalue weighted by atomic mass is 10.3. The maximum atomic E-state index is 12.8. The summed E-state index contributed by atoms with van der Waals surface area (Å²) >= 11 is 13.8. The highest BCUT2D eigenvalue weighted by molar-refractivity contribution is 14.2. The Morgan fingerprint density at radius 3 is 2.90 bits per heavy atom. The molecule has 1 fully saturated rings. The molecule has 1 aliphatic heterocycles. The Morgan fingerprint density at radius 1 is 1.43 bits per heavy atom. The maximum Gasteiger partial charge on any atom is 0.345 e. The second kappa shape index (κ2) is 12.1. The second-order valence-corrected chi connectivity index (χ2v) is 9.82. The number of hydrogen-bond acceptors (Lipinski definition) is 4. The molecule has 5 nitrogen and oxygen atoms in total. The van der Waals surface area contributed by atoms with Crippen molar-refractivity contribution in [2.75, 3.05) is 43.8 Å². The van der Waals surface area contributed by atoms with Gasteiger partial charge in [0.15, 0.2) is 0 Å². The lowest BCUT2D eigenvalue weighted by molar-refractivity contribution is -0.0542. The fourth-order valence-corrected chi connectivity index (χ4v) is 5.83. The van der Waals surface area contributed by atoms with Crippen LogP contribution in [0.3, 0.4) is 0 Å². The SMILES string of the molecule is O=P1(NCCCl)OCCC(OCCCCSI)N1CCCl. The van der Waals surface area contributed by atoms with E-state index in [1.165, 1.54) is 0 Å². The van der Waals surface area contributed by atoms with Crippen LogP contribution in [-0.2, 0) is 13.8 Å². The van der Waals surface area contributed by atoms with Crippen LogP contribution in [-0.4, -0.2) is 54.7 Å². The molecule has 0 saturated carbocycles. The third kappa shape index (κ3) is 7.44. The van der Waals surface area contributed by atoms with Gasteiger partial charge in [0.05, 0.1) is 6.61 Å². The summed E-state index contributed by atoms with van der Waals surface area (Å²) in [6, 6.07) is 0. The van der Waals surface area contributed by atoms with E-state index < -0.39 is 7.67 Å². The van der Waals surface area contributed by atoms with E-state index in [2.05, 4.69) is 26.3 Å². The van der Waals surface area contributed by atoms with Crippen molar-refractivity contribution in [3.8, 4) is 0 Å². The van der Waals surface area contributed by atoms with E-state index in [-0.39, 0.29) is 6.23 Å². The van der Waals surface area contributed by atoms with Crippen LogP contribution in [0.1, 0.15) is 19.3 Å². The van der Waals surface area contributed by atoms with Crippen molar-refractivity contribution in [3.05, 3.63) is 0 Å². The van der Waals surface area contributed by atoms with Gasteiger partial charge < -0.3 is 9.26 Å². The Bertz CT molecular complexity index is 334. The lowest BCUT2D eigenvalue weighted by Crippen LogP contribution is -2.45. The molecule has 1 heterocycles. The molecule has 0 spiro atoms. The summed E-state index contributed by atoms with van der Waals surface area (Å²) in [6.45, 7) is 1.97. The van der Waals surface area contributed by atoms with Gasteiger partial charge in [-0.05, 0) is 34.0 Å². The zero-order valence-corrected chi connectivity index (χ0v) is 17.2. The van der Waals surface area contributed by atoms with Gasteiger partial charge >= 0.3 is 7.67 Å². The van der Waals surface area contributed by atoms with E-state index in [9.17, 15) is 4.57 Å². The van der Waals surface area contributed by atoms with Gasteiger partial charge in [0.1, 0.15) is 6.23 Å². The average molecular weight is 491 g/mol. The normalized spacial score (nSPS) is 27.1. The Kier molecular flexibility index (Phi) is 12.0.